The molecule has 1 unspecified atom stereocenters. The minimum absolute atomic E-state index is 0.00994. The normalized spacial score (nSPS) is 15.5. The number of rotatable bonds is 4. The second-order valence-electron chi connectivity index (χ2n) is 5.84. The highest BCUT2D eigenvalue weighted by molar-refractivity contribution is 5.74. The second kappa shape index (κ2) is 7.34. The number of nitro benzene ring substituents is 1. The number of urea groups is 1. The molecular weight excluding hydrogens is 348 g/mol. The lowest BCUT2D eigenvalue weighted by atomic mass is 10.0. The van der Waals surface area contributed by atoms with E-state index in [9.17, 15) is 23.7 Å². The maximum absolute atomic E-state index is 13.6. The lowest BCUT2D eigenvalue weighted by molar-refractivity contribution is -0.384. The van der Waals surface area contributed by atoms with Crippen LogP contribution in [0.25, 0.3) is 0 Å². The van der Waals surface area contributed by atoms with E-state index in [1.165, 1.54) is 18.2 Å². The van der Waals surface area contributed by atoms with Crippen molar-refractivity contribution >= 4 is 11.7 Å². The first-order valence-corrected chi connectivity index (χ1v) is 7.81. The molecule has 1 aliphatic heterocycles. The van der Waals surface area contributed by atoms with E-state index >= 15 is 0 Å². The van der Waals surface area contributed by atoms with Crippen LogP contribution in [0.5, 0.6) is 5.75 Å². The van der Waals surface area contributed by atoms with Gasteiger partial charge in [-0.15, -0.1) is 0 Å². The number of fused-ring (bicyclic) bond motifs is 1. The van der Waals surface area contributed by atoms with Gasteiger partial charge in [-0.3, -0.25) is 10.1 Å². The van der Waals surface area contributed by atoms with Crippen molar-refractivity contribution in [3.8, 4) is 5.75 Å². The molecule has 1 aliphatic rings. The molecule has 1 heterocycles. The number of hydrogen-bond donors (Lipinski definition) is 2. The van der Waals surface area contributed by atoms with Gasteiger partial charge in [0.2, 0.25) is 0 Å². The van der Waals surface area contributed by atoms with Crippen molar-refractivity contribution in [3.05, 3.63) is 69.3 Å². The molecule has 2 aromatic carbocycles. The number of amides is 2. The molecule has 0 bridgehead atoms. The fourth-order valence-electron chi connectivity index (χ4n) is 2.68. The number of carbonyl (C=O) groups excluding carboxylic acids is 1. The number of carbonyl (C=O) groups is 1. The van der Waals surface area contributed by atoms with Gasteiger partial charge in [0.15, 0.2) is 11.6 Å². The van der Waals surface area contributed by atoms with Crippen molar-refractivity contribution in [1.29, 1.82) is 0 Å². The number of nitrogens with one attached hydrogen (secondary N) is 2. The second-order valence-corrected chi connectivity index (χ2v) is 5.84. The highest BCUT2D eigenvalue weighted by Crippen LogP contribution is 2.28. The van der Waals surface area contributed by atoms with E-state index in [1.54, 1.807) is 12.1 Å². The molecule has 0 saturated carbocycles. The molecule has 2 aromatic rings. The van der Waals surface area contributed by atoms with E-state index in [-0.39, 0.29) is 31.0 Å². The van der Waals surface area contributed by atoms with Crippen LogP contribution in [-0.2, 0) is 13.0 Å². The Bertz CT molecular complexity index is 843. The van der Waals surface area contributed by atoms with E-state index in [1.807, 2.05) is 0 Å². The smallest absolute Gasteiger partial charge is 0.315 e. The highest BCUT2D eigenvalue weighted by atomic mass is 19.1. The third-order valence-electron chi connectivity index (χ3n) is 3.92. The van der Waals surface area contributed by atoms with E-state index in [0.29, 0.717) is 11.1 Å². The molecule has 0 aromatic heterocycles. The Morgan fingerprint density at radius 3 is 2.69 bits per heavy atom. The number of hydrogen-bond acceptors (Lipinski definition) is 4. The minimum atomic E-state index is -0.763. The molecule has 1 atom stereocenters. The quantitative estimate of drug-likeness (QED) is 0.645. The van der Waals surface area contributed by atoms with E-state index < -0.39 is 28.6 Å². The van der Waals surface area contributed by atoms with Gasteiger partial charge in [0.1, 0.15) is 12.4 Å². The van der Waals surface area contributed by atoms with Gasteiger partial charge >= 0.3 is 6.03 Å². The summed E-state index contributed by atoms with van der Waals surface area (Å²) >= 11 is 0. The Balaban J connectivity index is 1.53. The van der Waals surface area contributed by atoms with Gasteiger partial charge in [0.25, 0.3) is 5.69 Å². The standard InChI is InChI=1S/C17H15F2N3O4/c18-12-5-11-6-13(9-26-16(11)15(19)7-12)21-17(23)20-8-10-1-3-14(4-2-10)22(24)25/h1-5,7,13H,6,8-9H2,(H2,20,21,23). The maximum Gasteiger partial charge on any atom is 0.315 e. The number of non-ortho nitro benzene ring substituents is 1. The summed E-state index contributed by atoms with van der Waals surface area (Å²) in [4.78, 5) is 22.1. The zero-order valence-electron chi connectivity index (χ0n) is 13.5. The van der Waals surface area contributed by atoms with Gasteiger partial charge in [-0.05, 0) is 18.1 Å². The lowest BCUT2D eigenvalue weighted by Crippen LogP contribution is -2.47. The van der Waals surface area contributed by atoms with Gasteiger partial charge < -0.3 is 15.4 Å². The van der Waals surface area contributed by atoms with Crippen LogP contribution in [0, 0.1) is 21.7 Å². The van der Waals surface area contributed by atoms with Crippen LogP contribution in [0.3, 0.4) is 0 Å². The molecule has 0 saturated heterocycles. The van der Waals surface area contributed by atoms with Crippen LogP contribution in [0.15, 0.2) is 36.4 Å². The maximum atomic E-state index is 13.6. The van der Waals surface area contributed by atoms with Gasteiger partial charge in [-0.25, -0.2) is 13.6 Å². The average molecular weight is 363 g/mol. The summed E-state index contributed by atoms with van der Waals surface area (Å²) in [7, 11) is 0. The number of ether oxygens (including phenoxy) is 1. The summed E-state index contributed by atoms with van der Waals surface area (Å²) in [5.41, 5.74) is 1.02. The van der Waals surface area contributed by atoms with Crippen molar-refractivity contribution in [3.63, 3.8) is 0 Å². The van der Waals surface area contributed by atoms with Crippen LogP contribution in [0.2, 0.25) is 0 Å². The Labute approximate surface area is 147 Å². The largest absolute Gasteiger partial charge is 0.488 e. The molecule has 7 nitrogen and oxygen atoms in total. The molecule has 0 radical (unpaired) electrons. The van der Waals surface area contributed by atoms with Crippen molar-refractivity contribution in [2.75, 3.05) is 6.61 Å². The van der Waals surface area contributed by atoms with Gasteiger partial charge in [-0.2, -0.15) is 0 Å². The first-order chi connectivity index (χ1) is 12.4. The third kappa shape index (κ3) is 4.05. The molecule has 136 valence electrons. The van der Waals surface area contributed by atoms with E-state index in [4.69, 9.17) is 4.74 Å². The number of nitro groups is 1. The lowest BCUT2D eigenvalue weighted by Gasteiger charge is -2.26. The molecule has 2 N–H and O–H groups in total. The molecule has 9 heteroatoms. The summed E-state index contributed by atoms with van der Waals surface area (Å²) in [5, 5.41) is 15.9. The molecule has 3 rings (SSSR count). The van der Waals surface area contributed by atoms with Crippen LogP contribution < -0.4 is 15.4 Å². The Morgan fingerprint density at radius 2 is 2.00 bits per heavy atom. The van der Waals surface area contributed by atoms with Gasteiger partial charge in [-0.1, -0.05) is 12.1 Å². The molecule has 0 spiro atoms. The Kier molecular flexibility index (Phi) is 4.97. The Hall–Kier alpha value is -3.23. The molecule has 0 fully saturated rings. The zero-order chi connectivity index (χ0) is 18.7. The zero-order valence-corrected chi connectivity index (χ0v) is 13.5. The molecular formula is C17H15F2N3O4. The monoisotopic (exact) mass is 363 g/mol. The van der Waals surface area contributed by atoms with Crippen LogP contribution >= 0.6 is 0 Å². The highest BCUT2D eigenvalue weighted by Gasteiger charge is 2.24. The fourth-order valence-corrected chi connectivity index (χ4v) is 2.68. The number of halogens is 2. The molecule has 2 amide bonds. The summed E-state index contributed by atoms with van der Waals surface area (Å²) < 4.78 is 32.2. The summed E-state index contributed by atoms with van der Waals surface area (Å²) in [6.07, 6.45) is 0.245. The topological polar surface area (TPSA) is 93.5 Å². The van der Waals surface area contributed by atoms with Crippen molar-refractivity contribution in [2.24, 2.45) is 0 Å². The van der Waals surface area contributed by atoms with Crippen molar-refractivity contribution in [2.45, 2.75) is 19.0 Å². The summed E-state index contributed by atoms with van der Waals surface area (Å²) in [5.74, 6) is -1.45. The van der Waals surface area contributed by atoms with Crippen LogP contribution in [0.1, 0.15) is 11.1 Å². The molecule has 26 heavy (non-hydrogen) atoms. The van der Waals surface area contributed by atoms with Crippen LogP contribution in [-0.4, -0.2) is 23.6 Å². The van der Waals surface area contributed by atoms with E-state index in [0.717, 1.165) is 6.07 Å². The predicted octanol–water partition coefficient (Wildman–Crippen LogP) is 2.68. The number of benzene rings is 2. The SMILES string of the molecule is O=C(NCc1ccc([N+](=O)[O-])cc1)NC1COc2c(F)cc(F)cc2C1. The fraction of sp³-hybridized carbons (Fsp3) is 0.235. The first kappa shape index (κ1) is 17.6. The minimum Gasteiger partial charge on any atom is -0.488 e. The van der Waals surface area contributed by atoms with Crippen molar-refractivity contribution in [1.82, 2.24) is 10.6 Å². The third-order valence-corrected chi connectivity index (χ3v) is 3.92. The van der Waals surface area contributed by atoms with Gasteiger partial charge in [0.05, 0.1) is 11.0 Å². The number of nitrogens with zero attached hydrogens (tertiary/aromatic N) is 1. The van der Waals surface area contributed by atoms with E-state index in [2.05, 4.69) is 10.6 Å². The Morgan fingerprint density at radius 1 is 1.27 bits per heavy atom. The predicted molar refractivity (Wildman–Crippen MR) is 87.8 cm³/mol. The first-order valence-electron chi connectivity index (χ1n) is 7.81. The summed E-state index contributed by atoms with van der Waals surface area (Å²) in [6, 6.07) is 6.82. The average Bonchev–Trinajstić information content (AvgIpc) is 2.60. The molecule has 0 aliphatic carbocycles. The van der Waals surface area contributed by atoms with Crippen LogP contribution in [0.4, 0.5) is 19.3 Å². The summed E-state index contributed by atoms with van der Waals surface area (Å²) in [6.45, 7) is 0.248. The van der Waals surface area contributed by atoms with Crippen molar-refractivity contribution < 1.29 is 23.2 Å². The van der Waals surface area contributed by atoms with Gasteiger partial charge in [0, 0.05) is 30.3 Å².